The van der Waals surface area contributed by atoms with Gasteiger partial charge < -0.3 is 4.90 Å². The van der Waals surface area contributed by atoms with Crippen molar-refractivity contribution < 1.29 is 4.39 Å². The predicted molar refractivity (Wildman–Crippen MR) is 96.7 cm³/mol. The molecule has 1 heterocycles. The maximum Gasteiger partial charge on any atom is 0.136 e. The number of fused-ring (bicyclic) bond motifs is 1. The zero-order valence-electron chi connectivity index (χ0n) is 13.4. The van der Waals surface area contributed by atoms with Crippen molar-refractivity contribution in [3.05, 3.63) is 63.1 Å². The van der Waals surface area contributed by atoms with Crippen LogP contribution in [0.5, 0.6) is 0 Å². The molecule has 1 nitrogen and oxygen atoms in total. The zero-order chi connectivity index (χ0) is 16.0. The number of nitrogens with zero attached hydrogens (tertiary/aromatic N) is 1. The molecule has 0 saturated heterocycles. The molecule has 0 atom stereocenters. The van der Waals surface area contributed by atoms with Gasteiger partial charge in [0.15, 0.2) is 0 Å². The van der Waals surface area contributed by atoms with Crippen LogP contribution >= 0.6 is 15.9 Å². The van der Waals surface area contributed by atoms with Gasteiger partial charge in [-0.15, -0.1) is 0 Å². The Hall–Kier alpha value is -1.35. The van der Waals surface area contributed by atoms with Crippen LogP contribution in [0.1, 0.15) is 42.0 Å². The van der Waals surface area contributed by atoms with Crippen LogP contribution in [-0.4, -0.2) is 6.54 Å². The zero-order valence-corrected chi connectivity index (χ0v) is 15.0. The van der Waals surface area contributed by atoms with E-state index in [1.54, 1.807) is 0 Å². The summed E-state index contributed by atoms with van der Waals surface area (Å²) in [5, 5.41) is 0. The molecule has 0 bridgehead atoms. The summed E-state index contributed by atoms with van der Waals surface area (Å²) in [5.74, 6) is 0. The van der Waals surface area contributed by atoms with Gasteiger partial charge in [-0.3, -0.25) is 0 Å². The fraction of sp³-hybridized carbons (Fsp3) is 0.400. The van der Waals surface area contributed by atoms with Gasteiger partial charge in [-0.05, 0) is 60.1 Å². The highest BCUT2D eigenvalue weighted by molar-refractivity contribution is 9.10. The summed E-state index contributed by atoms with van der Waals surface area (Å²) in [6.07, 6.45) is 3.39. The molecule has 1 aliphatic heterocycles. The van der Waals surface area contributed by atoms with Crippen molar-refractivity contribution in [3.8, 4) is 0 Å². The van der Waals surface area contributed by atoms with Crippen molar-refractivity contribution in [3.63, 3.8) is 0 Å². The summed E-state index contributed by atoms with van der Waals surface area (Å²) in [7, 11) is 0. The highest BCUT2D eigenvalue weighted by atomic mass is 79.9. The molecule has 120 valence electrons. The Balaban J connectivity index is 1.63. The number of hydrogen-bond acceptors (Lipinski definition) is 1. The number of alkyl halides is 1. The number of hydrogen-bond donors (Lipinski definition) is 0. The van der Waals surface area contributed by atoms with Crippen LogP contribution in [0.25, 0.3) is 0 Å². The lowest BCUT2D eigenvalue weighted by Gasteiger charge is -2.33. The van der Waals surface area contributed by atoms with Crippen molar-refractivity contribution in [1.29, 1.82) is 0 Å². The molecule has 2 aliphatic rings. The van der Waals surface area contributed by atoms with E-state index in [1.165, 1.54) is 26.9 Å². The molecule has 0 radical (unpaired) electrons. The van der Waals surface area contributed by atoms with E-state index in [0.29, 0.717) is 12.8 Å². The van der Waals surface area contributed by atoms with E-state index in [1.807, 2.05) is 6.07 Å². The lowest BCUT2D eigenvalue weighted by atomic mass is 9.94. The van der Waals surface area contributed by atoms with E-state index in [0.717, 1.165) is 31.5 Å². The fourth-order valence-corrected chi connectivity index (χ4v) is 4.27. The lowest BCUT2D eigenvalue weighted by Crippen LogP contribution is -2.31. The first-order valence-corrected chi connectivity index (χ1v) is 9.23. The molecule has 1 fully saturated rings. The van der Waals surface area contributed by atoms with Gasteiger partial charge in [-0.25, -0.2) is 4.39 Å². The summed E-state index contributed by atoms with van der Waals surface area (Å²) in [4.78, 5) is 2.45. The van der Waals surface area contributed by atoms with Gasteiger partial charge in [0.1, 0.15) is 5.67 Å². The van der Waals surface area contributed by atoms with Gasteiger partial charge in [-0.2, -0.15) is 0 Å². The van der Waals surface area contributed by atoms with Gasteiger partial charge in [0.2, 0.25) is 0 Å². The molecule has 0 N–H and O–H groups in total. The van der Waals surface area contributed by atoms with Crippen LogP contribution < -0.4 is 4.90 Å². The topological polar surface area (TPSA) is 3.24 Å². The summed E-state index contributed by atoms with van der Waals surface area (Å²) >= 11 is 3.68. The molecule has 0 amide bonds. The van der Waals surface area contributed by atoms with E-state index in [4.69, 9.17) is 0 Å². The van der Waals surface area contributed by atoms with Gasteiger partial charge in [0.25, 0.3) is 0 Å². The first kappa shape index (κ1) is 15.2. The van der Waals surface area contributed by atoms with Gasteiger partial charge in [0, 0.05) is 23.2 Å². The van der Waals surface area contributed by atoms with Crippen molar-refractivity contribution in [2.45, 2.75) is 44.8 Å². The van der Waals surface area contributed by atoms with Gasteiger partial charge in [0.05, 0.1) is 0 Å². The van der Waals surface area contributed by atoms with Crippen molar-refractivity contribution in [2.24, 2.45) is 0 Å². The maximum atomic E-state index is 14.3. The molecule has 1 saturated carbocycles. The smallest absolute Gasteiger partial charge is 0.136 e. The second-order valence-electron chi connectivity index (χ2n) is 6.71. The van der Waals surface area contributed by atoms with Crippen LogP contribution in [0, 0.1) is 0 Å². The largest absolute Gasteiger partial charge is 0.367 e. The first-order valence-electron chi connectivity index (χ1n) is 8.44. The standard InChI is InChI=1S/C20H21BrFN/c1-2-17-18(21)4-3-5-19(17)23-11-8-14-12-16(20(22)9-10-20)7-6-15(14)13-23/h3-7,12H,2,8-11,13H2,1H3. The summed E-state index contributed by atoms with van der Waals surface area (Å²) < 4.78 is 15.5. The Labute approximate surface area is 145 Å². The highest BCUT2D eigenvalue weighted by Crippen LogP contribution is 2.50. The molecule has 0 spiro atoms. The van der Waals surface area contributed by atoms with Crippen LogP contribution in [0.2, 0.25) is 0 Å². The molecule has 23 heavy (non-hydrogen) atoms. The third-order valence-electron chi connectivity index (χ3n) is 5.21. The van der Waals surface area contributed by atoms with E-state index in [-0.39, 0.29) is 0 Å². The lowest BCUT2D eigenvalue weighted by molar-refractivity contribution is 0.317. The van der Waals surface area contributed by atoms with Crippen molar-refractivity contribution >= 4 is 21.6 Å². The number of halogens is 2. The first-order chi connectivity index (χ1) is 11.1. The van der Waals surface area contributed by atoms with Gasteiger partial charge in [-0.1, -0.05) is 47.1 Å². The van der Waals surface area contributed by atoms with Crippen LogP contribution in [0.3, 0.4) is 0 Å². The Kier molecular flexibility index (Phi) is 3.72. The van der Waals surface area contributed by atoms with Gasteiger partial charge >= 0.3 is 0 Å². The SMILES string of the molecule is CCc1c(Br)cccc1N1CCc2cc(C3(F)CC3)ccc2C1. The van der Waals surface area contributed by atoms with E-state index < -0.39 is 5.67 Å². The molecule has 2 aromatic carbocycles. The van der Waals surface area contributed by atoms with Crippen LogP contribution in [0.15, 0.2) is 40.9 Å². The number of benzene rings is 2. The third kappa shape index (κ3) is 2.69. The van der Waals surface area contributed by atoms with Crippen LogP contribution in [-0.2, 0) is 25.1 Å². The van der Waals surface area contributed by atoms with Crippen molar-refractivity contribution in [1.82, 2.24) is 0 Å². The molecule has 0 aromatic heterocycles. The second kappa shape index (κ2) is 5.62. The minimum atomic E-state index is -1.02. The number of rotatable bonds is 3. The second-order valence-corrected chi connectivity index (χ2v) is 7.57. The molecular weight excluding hydrogens is 353 g/mol. The minimum Gasteiger partial charge on any atom is -0.367 e. The molecule has 1 aliphatic carbocycles. The Morgan fingerprint density at radius 2 is 2.00 bits per heavy atom. The summed E-state index contributed by atoms with van der Waals surface area (Å²) in [5.41, 5.74) is 5.23. The Bertz CT molecular complexity index is 751. The number of anilines is 1. The Morgan fingerprint density at radius 1 is 1.17 bits per heavy atom. The highest BCUT2D eigenvalue weighted by Gasteiger charge is 2.45. The third-order valence-corrected chi connectivity index (χ3v) is 5.96. The molecule has 4 rings (SSSR count). The van der Waals surface area contributed by atoms with Crippen molar-refractivity contribution in [2.75, 3.05) is 11.4 Å². The summed E-state index contributed by atoms with van der Waals surface area (Å²) in [6.45, 7) is 4.11. The quantitative estimate of drug-likeness (QED) is 0.683. The normalized spacial score (nSPS) is 18.7. The minimum absolute atomic E-state index is 0.690. The van der Waals surface area contributed by atoms with E-state index >= 15 is 0 Å². The fourth-order valence-electron chi connectivity index (χ4n) is 3.63. The molecule has 3 heteroatoms. The molecule has 2 aromatic rings. The average Bonchev–Trinajstić information content (AvgIpc) is 3.32. The molecular formula is C20H21BrFN. The molecule has 0 unspecified atom stereocenters. The monoisotopic (exact) mass is 373 g/mol. The average molecular weight is 374 g/mol. The van der Waals surface area contributed by atoms with E-state index in [9.17, 15) is 4.39 Å². The Morgan fingerprint density at radius 3 is 2.74 bits per heavy atom. The predicted octanol–water partition coefficient (Wildman–Crippen LogP) is 5.53. The summed E-state index contributed by atoms with van der Waals surface area (Å²) in [6, 6.07) is 12.7. The van der Waals surface area contributed by atoms with E-state index in [2.05, 4.69) is 58.1 Å². The maximum absolute atomic E-state index is 14.3. The van der Waals surface area contributed by atoms with Crippen LogP contribution in [0.4, 0.5) is 10.1 Å².